The molecule has 1 saturated carbocycles. The van der Waals surface area contributed by atoms with E-state index in [1.165, 1.54) is 12.8 Å². The molecular weight excluding hydrogens is 268 g/mol. The van der Waals surface area contributed by atoms with Crippen LogP contribution < -0.4 is 5.32 Å². The van der Waals surface area contributed by atoms with E-state index in [1.54, 1.807) is 6.20 Å². The maximum Gasteiger partial charge on any atom is 0.228 e. The van der Waals surface area contributed by atoms with Gasteiger partial charge in [0.1, 0.15) is 5.82 Å². The standard InChI is InChI=1S/C12H15BrN2O/c1-7-5-11(14-6-10(7)13)15-12(16)8(2)9-3-4-9/h5-6,8-9H,3-4H2,1-2H3,(H,14,15,16). The van der Waals surface area contributed by atoms with Gasteiger partial charge >= 0.3 is 0 Å². The van der Waals surface area contributed by atoms with Crippen LogP contribution in [0.4, 0.5) is 5.82 Å². The van der Waals surface area contributed by atoms with Crippen molar-refractivity contribution in [3.05, 3.63) is 22.3 Å². The van der Waals surface area contributed by atoms with Crippen LogP contribution in [0.2, 0.25) is 0 Å². The van der Waals surface area contributed by atoms with E-state index in [0.717, 1.165) is 10.0 Å². The highest BCUT2D eigenvalue weighted by Gasteiger charge is 2.32. The smallest absolute Gasteiger partial charge is 0.228 e. The molecule has 1 unspecified atom stereocenters. The van der Waals surface area contributed by atoms with E-state index in [9.17, 15) is 4.79 Å². The van der Waals surface area contributed by atoms with Gasteiger partial charge < -0.3 is 5.32 Å². The van der Waals surface area contributed by atoms with Crippen LogP contribution in [0.15, 0.2) is 16.7 Å². The number of carbonyl (C=O) groups is 1. The molecule has 1 aromatic rings. The number of nitrogens with one attached hydrogen (secondary N) is 1. The summed E-state index contributed by atoms with van der Waals surface area (Å²) in [5.74, 6) is 1.40. The third kappa shape index (κ3) is 2.61. The van der Waals surface area contributed by atoms with Crippen LogP contribution in [0.3, 0.4) is 0 Å². The van der Waals surface area contributed by atoms with Crippen molar-refractivity contribution in [2.45, 2.75) is 26.7 Å². The molecule has 0 saturated heterocycles. The third-order valence-electron chi connectivity index (χ3n) is 3.04. The lowest BCUT2D eigenvalue weighted by molar-refractivity contribution is -0.119. The number of halogens is 1. The van der Waals surface area contributed by atoms with E-state index in [2.05, 4.69) is 26.2 Å². The highest BCUT2D eigenvalue weighted by molar-refractivity contribution is 9.10. The first kappa shape index (κ1) is 11.6. The van der Waals surface area contributed by atoms with Crippen molar-refractivity contribution in [1.29, 1.82) is 0 Å². The quantitative estimate of drug-likeness (QED) is 0.926. The van der Waals surface area contributed by atoms with Crippen LogP contribution in [-0.4, -0.2) is 10.9 Å². The number of carbonyl (C=O) groups excluding carboxylic acids is 1. The molecule has 0 aliphatic heterocycles. The Morgan fingerprint density at radius 2 is 2.31 bits per heavy atom. The van der Waals surface area contributed by atoms with E-state index in [0.29, 0.717) is 11.7 Å². The number of hydrogen-bond donors (Lipinski definition) is 1. The summed E-state index contributed by atoms with van der Waals surface area (Å²) < 4.78 is 0.959. The highest BCUT2D eigenvalue weighted by atomic mass is 79.9. The minimum absolute atomic E-state index is 0.0803. The third-order valence-corrected chi connectivity index (χ3v) is 3.87. The Labute approximate surface area is 104 Å². The molecule has 3 nitrogen and oxygen atoms in total. The van der Waals surface area contributed by atoms with Crippen LogP contribution in [-0.2, 0) is 4.79 Å². The Balaban J connectivity index is 2.02. The lowest BCUT2D eigenvalue weighted by Gasteiger charge is -2.11. The molecule has 4 heteroatoms. The van der Waals surface area contributed by atoms with Crippen LogP contribution >= 0.6 is 15.9 Å². The monoisotopic (exact) mass is 282 g/mol. The van der Waals surface area contributed by atoms with Crippen molar-refractivity contribution in [3.8, 4) is 0 Å². The van der Waals surface area contributed by atoms with Crippen molar-refractivity contribution in [2.24, 2.45) is 11.8 Å². The van der Waals surface area contributed by atoms with E-state index < -0.39 is 0 Å². The number of anilines is 1. The van der Waals surface area contributed by atoms with Crippen LogP contribution in [0.25, 0.3) is 0 Å². The number of amides is 1. The Bertz CT molecular complexity index is 415. The number of hydrogen-bond acceptors (Lipinski definition) is 2. The van der Waals surface area contributed by atoms with Crippen molar-refractivity contribution >= 4 is 27.7 Å². The normalized spacial score (nSPS) is 16.9. The second-order valence-corrected chi connectivity index (χ2v) is 5.29. The average molecular weight is 283 g/mol. The SMILES string of the molecule is Cc1cc(NC(=O)C(C)C2CC2)ncc1Br. The van der Waals surface area contributed by atoms with Gasteiger partial charge in [0.2, 0.25) is 5.91 Å². The Morgan fingerprint density at radius 3 is 2.88 bits per heavy atom. The number of nitrogens with zero attached hydrogens (tertiary/aromatic N) is 1. The Kier molecular flexibility index (Phi) is 3.28. The molecule has 1 fully saturated rings. The summed E-state index contributed by atoms with van der Waals surface area (Å²) in [4.78, 5) is 16.0. The second-order valence-electron chi connectivity index (χ2n) is 4.43. The molecular formula is C12H15BrN2O. The topological polar surface area (TPSA) is 42.0 Å². The van der Waals surface area contributed by atoms with Gasteiger partial charge in [0.05, 0.1) is 0 Å². The van der Waals surface area contributed by atoms with Gasteiger partial charge in [-0.2, -0.15) is 0 Å². The summed E-state index contributed by atoms with van der Waals surface area (Å²) in [5, 5.41) is 2.86. The zero-order valence-corrected chi connectivity index (χ0v) is 11.0. The van der Waals surface area contributed by atoms with Crippen LogP contribution in [0.1, 0.15) is 25.3 Å². The van der Waals surface area contributed by atoms with Crippen molar-refractivity contribution in [2.75, 3.05) is 5.32 Å². The first-order valence-electron chi connectivity index (χ1n) is 5.51. The Morgan fingerprint density at radius 1 is 1.62 bits per heavy atom. The van der Waals surface area contributed by atoms with Gasteiger partial charge in [0.15, 0.2) is 0 Å². The zero-order chi connectivity index (χ0) is 11.7. The van der Waals surface area contributed by atoms with Crippen molar-refractivity contribution in [1.82, 2.24) is 4.98 Å². The molecule has 2 rings (SSSR count). The average Bonchev–Trinajstić information content (AvgIpc) is 3.06. The van der Waals surface area contributed by atoms with Crippen molar-refractivity contribution in [3.63, 3.8) is 0 Å². The molecule has 1 atom stereocenters. The maximum absolute atomic E-state index is 11.8. The minimum Gasteiger partial charge on any atom is -0.310 e. The molecule has 16 heavy (non-hydrogen) atoms. The van der Waals surface area contributed by atoms with Gasteiger partial charge in [0.25, 0.3) is 0 Å². The summed E-state index contributed by atoms with van der Waals surface area (Å²) in [6.07, 6.45) is 4.08. The van der Waals surface area contributed by atoms with E-state index in [4.69, 9.17) is 0 Å². The molecule has 1 amide bonds. The summed E-state index contributed by atoms with van der Waals surface area (Å²) in [7, 11) is 0. The van der Waals surface area contributed by atoms with Gasteiger partial charge in [-0.15, -0.1) is 0 Å². The summed E-state index contributed by atoms with van der Waals surface area (Å²) in [6.45, 7) is 3.96. The molecule has 1 heterocycles. The second kappa shape index (κ2) is 4.53. The number of aromatic nitrogens is 1. The lowest BCUT2D eigenvalue weighted by Crippen LogP contribution is -2.22. The Hall–Kier alpha value is -0.900. The fraction of sp³-hybridized carbons (Fsp3) is 0.500. The van der Waals surface area contributed by atoms with Gasteiger partial charge in [-0.1, -0.05) is 6.92 Å². The number of pyridine rings is 1. The predicted octanol–water partition coefficient (Wildman–Crippen LogP) is 3.14. The van der Waals surface area contributed by atoms with Crippen molar-refractivity contribution < 1.29 is 4.79 Å². The fourth-order valence-electron chi connectivity index (χ4n) is 1.66. The zero-order valence-electron chi connectivity index (χ0n) is 9.46. The van der Waals surface area contributed by atoms with Gasteiger partial charge in [-0.05, 0) is 53.2 Å². The molecule has 0 spiro atoms. The largest absolute Gasteiger partial charge is 0.310 e. The van der Waals surface area contributed by atoms with E-state index >= 15 is 0 Å². The lowest BCUT2D eigenvalue weighted by atomic mass is 10.1. The summed E-state index contributed by atoms with van der Waals surface area (Å²) >= 11 is 3.38. The minimum atomic E-state index is 0.0803. The van der Waals surface area contributed by atoms with Gasteiger partial charge in [0, 0.05) is 16.6 Å². The van der Waals surface area contributed by atoms with Gasteiger partial charge in [-0.25, -0.2) is 4.98 Å². The molecule has 0 radical (unpaired) electrons. The molecule has 1 N–H and O–H groups in total. The first-order valence-corrected chi connectivity index (χ1v) is 6.30. The van der Waals surface area contributed by atoms with Crippen LogP contribution in [0.5, 0.6) is 0 Å². The van der Waals surface area contributed by atoms with E-state index in [-0.39, 0.29) is 11.8 Å². The fourth-order valence-corrected chi connectivity index (χ4v) is 1.87. The first-order chi connectivity index (χ1) is 7.58. The van der Waals surface area contributed by atoms with Crippen LogP contribution in [0, 0.1) is 18.8 Å². The summed E-state index contributed by atoms with van der Waals surface area (Å²) in [5.41, 5.74) is 1.07. The van der Waals surface area contributed by atoms with Gasteiger partial charge in [-0.3, -0.25) is 4.79 Å². The maximum atomic E-state index is 11.8. The highest BCUT2D eigenvalue weighted by Crippen LogP contribution is 2.37. The molecule has 86 valence electrons. The molecule has 1 aliphatic carbocycles. The molecule has 0 aromatic carbocycles. The number of aryl methyl sites for hydroxylation is 1. The van der Waals surface area contributed by atoms with E-state index in [1.807, 2.05) is 19.9 Å². The molecule has 1 aliphatic rings. The molecule has 0 bridgehead atoms. The predicted molar refractivity (Wildman–Crippen MR) is 67.2 cm³/mol. The number of rotatable bonds is 3. The molecule has 1 aromatic heterocycles. The summed E-state index contributed by atoms with van der Waals surface area (Å²) in [6, 6.07) is 1.88.